The van der Waals surface area contributed by atoms with Crippen LogP contribution in [0.5, 0.6) is 5.75 Å². The molecule has 0 saturated carbocycles. The van der Waals surface area contributed by atoms with E-state index in [1.54, 1.807) is 6.07 Å². The number of nitrogens with zero attached hydrogens (tertiary/aromatic N) is 1. The third-order valence-corrected chi connectivity index (χ3v) is 2.07. The Hall–Kier alpha value is -1.54. The van der Waals surface area contributed by atoms with Gasteiger partial charge in [0.05, 0.1) is 12.0 Å². The summed E-state index contributed by atoms with van der Waals surface area (Å²) in [6.07, 6.45) is -0.306. The molecule has 0 fully saturated rings. The molecule has 0 saturated heterocycles. The number of phenols is 1. The maximum Gasteiger partial charge on any atom is 0.307 e. The Bertz CT molecular complexity index is 423. The van der Waals surface area contributed by atoms with Gasteiger partial charge in [0.2, 0.25) is 0 Å². The molecule has 4 nitrogen and oxygen atoms in total. The summed E-state index contributed by atoms with van der Waals surface area (Å²) >= 11 is 3.12. The molecule has 0 unspecified atom stereocenters. The summed E-state index contributed by atoms with van der Waals surface area (Å²) in [6.45, 7) is 0. The molecule has 72 valence electrons. The number of hydrogen-bond donors (Lipinski definition) is 2. The van der Waals surface area contributed by atoms with Crippen molar-refractivity contribution in [2.75, 3.05) is 0 Å². The fourth-order valence-corrected chi connectivity index (χ4v) is 1.54. The van der Waals surface area contributed by atoms with Crippen LogP contribution in [0.15, 0.2) is 16.6 Å². The molecule has 0 atom stereocenters. The largest absolute Gasteiger partial charge is 0.506 e. The number of nitriles is 1. The molecular weight excluding hydrogens is 250 g/mol. The molecule has 0 amide bonds. The lowest BCUT2D eigenvalue weighted by atomic mass is 10.1. The van der Waals surface area contributed by atoms with Crippen LogP contribution in [0.1, 0.15) is 11.1 Å². The molecular formula is C9H6BrNO3. The lowest BCUT2D eigenvalue weighted by Crippen LogP contribution is -2.01. The van der Waals surface area contributed by atoms with Gasteiger partial charge in [-0.1, -0.05) is 15.9 Å². The monoisotopic (exact) mass is 255 g/mol. The molecule has 0 aliphatic rings. The number of aromatic hydroxyl groups is 1. The topological polar surface area (TPSA) is 81.3 Å². The van der Waals surface area contributed by atoms with Crippen LogP contribution in [0.3, 0.4) is 0 Å². The van der Waals surface area contributed by atoms with Crippen LogP contribution in [-0.4, -0.2) is 16.2 Å². The van der Waals surface area contributed by atoms with Gasteiger partial charge in [-0.05, 0) is 12.1 Å². The number of hydrogen-bond acceptors (Lipinski definition) is 3. The number of phenolic OH excluding ortho intramolecular Hbond substituents is 1. The van der Waals surface area contributed by atoms with E-state index in [0.717, 1.165) is 0 Å². The first-order valence-corrected chi connectivity index (χ1v) is 4.47. The quantitative estimate of drug-likeness (QED) is 0.842. The Morgan fingerprint density at radius 2 is 2.21 bits per heavy atom. The second-order valence-corrected chi connectivity index (χ2v) is 3.56. The van der Waals surface area contributed by atoms with Crippen LogP contribution in [0.2, 0.25) is 0 Å². The molecule has 14 heavy (non-hydrogen) atoms. The van der Waals surface area contributed by atoms with Crippen molar-refractivity contribution >= 4 is 21.9 Å². The molecule has 0 aliphatic carbocycles. The van der Waals surface area contributed by atoms with Crippen LogP contribution in [0, 0.1) is 11.3 Å². The van der Waals surface area contributed by atoms with Gasteiger partial charge in [0.1, 0.15) is 11.8 Å². The van der Waals surface area contributed by atoms with Crippen molar-refractivity contribution in [2.24, 2.45) is 0 Å². The standard InChI is InChI=1S/C9H6BrNO3/c10-7-1-5(3-8(12)13)9(14)6(2-7)4-11/h1-2,14H,3H2,(H,12,13). The minimum Gasteiger partial charge on any atom is -0.506 e. The maximum atomic E-state index is 10.4. The highest BCUT2D eigenvalue weighted by Gasteiger charge is 2.11. The molecule has 1 rings (SSSR count). The van der Waals surface area contributed by atoms with Crippen LogP contribution in [-0.2, 0) is 11.2 Å². The molecule has 0 bridgehead atoms. The van der Waals surface area contributed by atoms with Gasteiger partial charge in [-0.2, -0.15) is 5.26 Å². The normalized spacial score (nSPS) is 9.43. The average molecular weight is 256 g/mol. The molecule has 0 aromatic heterocycles. The fraction of sp³-hybridized carbons (Fsp3) is 0.111. The Morgan fingerprint density at radius 1 is 1.57 bits per heavy atom. The van der Waals surface area contributed by atoms with Gasteiger partial charge in [-0.15, -0.1) is 0 Å². The summed E-state index contributed by atoms with van der Waals surface area (Å²) < 4.78 is 0.572. The number of rotatable bonds is 2. The summed E-state index contributed by atoms with van der Waals surface area (Å²) in [4.78, 5) is 10.4. The molecule has 0 heterocycles. The average Bonchev–Trinajstić information content (AvgIpc) is 2.09. The Morgan fingerprint density at radius 3 is 2.71 bits per heavy atom. The highest BCUT2D eigenvalue weighted by Crippen LogP contribution is 2.27. The molecule has 0 aliphatic heterocycles. The van der Waals surface area contributed by atoms with Crippen molar-refractivity contribution in [2.45, 2.75) is 6.42 Å². The summed E-state index contributed by atoms with van der Waals surface area (Å²) in [6, 6.07) is 4.68. The van der Waals surface area contributed by atoms with Gasteiger partial charge >= 0.3 is 5.97 Å². The van der Waals surface area contributed by atoms with Gasteiger partial charge < -0.3 is 10.2 Å². The van der Waals surface area contributed by atoms with E-state index in [9.17, 15) is 9.90 Å². The molecule has 0 radical (unpaired) electrons. The predicted octanol–water partition coefficient (Wildman–Crippen LogP) is 1.65. The number of carboxylic acid groups (broad SMARTS) is 1. The van der Waals surface area contributed by atoms with E-state index >= 15 is 0 Å². The molecule has 2 N–H and O–H groups in total. The minimum atomic E-state index is -1.05. The zero-order chi connectivity index (χ0) is 10.7. The first-order valence-electron chi connectivity index (χ1n) is 3.68. The summed E-state index contributed by atoms with van der Waals surface area (Å²) in [7, 11) is 0. The lowest BCUT2D eigenvalue weighted by Gasteiger charge is -2.04. The van der Waals surface area contributed by atoms with E-state index < -0.39 is 5.97 Å². The summed E-state index contributed by atoms with van der Waals surface area (Å²) in [5, 5.41) is 26.6. The minimum absolute atomic E-state index is 0.0654. The first kappa shape index (κ1) is 10.5. The van der Waals surface area contributed by atoms with Crippen LogP contribution in [0.4, 0.5) is 0 Å². The Labute approximate surface area is 88.5 Å². The van der Waals surface area contributed by atoms with Crippen LogP contribution in [0.25, 0.3) is 0 Å². The molecule has 5 heteroatoms. The molecule has 1 aromatic rings. The van der Waals surface area contributed by atoms with Crippen molar-refractivity contribution < 1.29 is 15.0 Å². The van der Waals surface area contributed by atoms with E-state index in [4.69, 9.17) is 10.4 Å². The summed E-state index contributed by atoms with van der Waals surface area (Å²) in [5.41, 5.74) is 0.291. The zero-order valence-electron chi connectivity index (χ0n) is 6.99. The smallest absolute Gasteiger partial charge is 0.307 e. The van der Waals surface area contributed by atoms with Crippen molar-refractivity contribution in [3.63, 3.8) is 0 Å². The van der Waals surface area contributed by atoms with E-state index in [1.807, 2.05) is 0 Å². The van der Waals surface area contributed by atoms with Gasteiger partial charge in [-0.3, -0.25) is 4.79 Å². The van der Waals surface area contributed by atoms with Crippen molar-refractivity contribution in [1.82, 2.24) is 0 Å². The molecule has 0 spiro atoms. The van der Waals surface area contributed by atoms with E-state index in [1.165, 1.54) is 12.1 Å². The highest BCUT2D eigenvalue weighted by molar-refractivity contribution is 9.10. The SMILES string of the molecule is N#Cc1cc(Br)cc(CC(=O)O)c1O. The maximum absolute atomic E-state index is 10.4. The first-order chi connectivity index (χ1) is 6.54. The number of benzene rings is 1. The van der Waals surface area contributed by atoms with Crippen LogP contribution >= 0.6 is 15.9 Å². The second kappa shape index (κ2) is 4.11. The van der Waals surface area contributed by atoms with Crippen LogP contribution < -0.4 is 0 Å². The third kappa shape index (κ3) is 2.24. The van der Waals surface area contributed by atoms with Crippen molar-refractivity contribution in [3.05, 3.63) is 27.7 Å². The number of aliphatic carboxylic acids is 1. The second-order valence-electron chi connectivity index (χ2n) is 2.64. The fourth-order valence-electron chi connectivity index (χ4n) is 1.04. The molecule has 1 aromatic carbocycles. The lowest BCUT2D eigenvalue weighted by molar-refractivity contribution is -0.136. The van der Waals surface area contributed by atoms with Gasteiger partial charge in [0.15, 0.2) is 0 Å². The van der Waals surface area contributed by atoms with E-state index in [-0.39, 0.29) is 23.3 Å². The van der Waals surface area contributed by atoms with Crippen molar-refractivity contribution in [3.8, 4) is 11.8 Å². The third-order valence-electron chi connectivity index (χ3n) is 1.62. The van der Waals surface area contributed by atoms with Gasteiger partial charge in [0, 0.05) is 10.0 Å². The highest BCUT2D eigenvalue weighted by atomic mass is 79.9. The number of halogens is 1. The van der Waals surface area contributed by atoms with E-state index in [0.29, 0.717) is 4.47 Å². The van der Waals surface area contributed by atoms with Gasteiger partial charge in [0.25, 0.3) is 0 Å². The van der Waals surface area contributed by atoms with Crippen molar-refractivity contribution in [1.29, 1.82) is 5.26 Å². The van der Waals surface area contributed by atoms with Gasteiger partial charge in [-0.25, -0.2) is 0 Å². The summed E-state index contributed by atoms with van der Waals surface area (Å²) in [5.74, 6) is -1.32. The van der Waals surface area contributed by atoms with E-state index in [2.05, 4.69) is 15.9 Å². The number of carboxylic acids is 1. The Kier molecular flexibility index (Phi) is 3.10. The predicted molar refractivity (Wildman–Crippen MR) is 51.9 cm³/mol. The Balaban J connectivity index is 3.23. The zero-order valence-corrected chi connectivity index (χ0v) is 8.58. The number of carbonyl (C=O) groups is 1.